The summed E-state index contributed by atoms with van der Waals surface area (Å²) in [4.78, 5) is 37.8. The zero-order valence-corrected chi connectivity index (χ0v) is 22.4. The highest BCUT2D eigenvalue weighted by atomic mass is 32.2. The molecule has 2 aromatic heterocycles. The lowest BCUT2D eigenvalue weighted by Gasteiger charge is -2.37. The van der Waals surface area contributed by atoms with Gasteiger partial charge in [-0.2, -0.15) is 0 Å². The molecule has 0 bridgehead atoms. The fourth-order valence-electron chi connectivity index (χ4n) is 4.62. The molecule has 1 aromatic carbocycles. The highest BCUT2D eigenvalue weighted by Crippen LogP contribution is 2.34. The lowest BCUT2D eigenvalue weighted by atomic mass is 10.2. The smallest absolute Gasteiger partial charge is 0.267 e. The van der Waals surface area contributed by atoms with Gasteiger partial charge in [-0.25, -0.2) is 9.37 Å². The van der Waals surface area contributed by atoms with Crippen molar-refractivity contribution in [2.45, 2.75) is 26.7 Å². The van der Waals surface area contributed by atoms with Crippen LogP contribution in [0, 0.1) is 12.7 Å². The van der Waals surface area contributed by atoms with Crippen LogP contribution in [0.3, 0.4) is 0 Å². The van der Waals surface area contributed by atoms with Crippen molar-refractivity contribution in [2.75, 3.05) is 42.5 Å². The molecule has 0 saturated carbocycles. The number of hydrogen-bond acceptors (Lipinski definition) is 7. The molecule has 4 heterocycles. The first-order chi connectivity index (χ1) is 17.9. The summed E-state index contributed by atoms with van der Waals surface area (Å²) in [6.07, 6.45) is 5.22. The number of halogens is 1. The number of nitrogens with zero attached hydrogens (tertiary/aromatic N) is 5. The van der Waals surface area contributed by atoms with E-state index in [0.29, 0.717) is 64.7 Å². The molecule has 5 rings (SSSR count). The molecule has 37 heavy (non-hydrogen) atoms. The highest BCUT2D eigenvalue weighted by Gasteiger charge is 2.33. The van der Waals surface area contributed by atoms with E-state index >= 15 is 0 Å². The number of thiocarbonyl (C=S) groups is 1. The summed E-state index contributed by atoms with van der Waals surface area (Å²) in [6, 6.07) is 10.5. The number of rotatable bonds is 6. The molecule has 2 fully saturated rings. The molecule has 0 spiro atoms. The molecule has 0 aliphatic carbocycles. The lowest BCUT2D eigenvalue weighted by molar-refractivity contribution is -0.122. The maximum Gasteiger partial charge on any atom is 0.267 e. The summed E-state index contributed by atoms with van der Waals surface area (Å²) in [5, 5.41) is 0. The average Bonchev–Trinajstić information content (AvgIpc) is 3.16. The van der Waals surface area contributed by atoms with Gasteiger partial charge in [-0.3, -0.25) is 18.9 Å². The van der Waals surface area contributed by atoms with Crippen LogP contribution < -0.4 is 15.4 Å². The SMILES string of the molecule is CCCCN1C(=O)/C(=C/c2c(N3CCN(c4ccccc4F)CC3)nc3ccc(C)cn3c2=O)SC1=S. The molecule has 1 amide bonds. The number of thioether (sulfide) groups is 1. The Morgan fingerprint density at radius 2 is 1.81 bits per heavy atom. The minimum absolute atomic E-state index is 0.174. The van der Waals surface area contributed by atoms with Gasteiger partial charge < -0.3 is 9.80 Å². The van der Waals surface area contributed by atoms with Crippen molar-refractivity contribution in [2.24, 2.45) is 0 Å². The van der Waals surface area contributed by atoms with Gasteiger partial charge in [-0.15, -0.1) is 0 Å². The highest BCUT2D eigenvalue weighted by molar-refractivity contribution is 8.26. The fraction of sp³-hybridized carbons (Fsp3) is 0.333. The number of carbonyl (C=O) groups is 1. The molecule has 0 N–H and O–H groups in total. The zero-order chi connectivity index (χ0) is 26.1. The van der Waals surface area contributed by atoms with E-state index in [9.17, 15) is 14.0 Å². The summed E-state index contributed by atoms with van der Waals surface area (Å²) in [5.41, 5.74) is 2.16. The second kappa shape index (κ2) is 10.6. The van der Waals surface area contributed by atoms with E-state index in [4.69, 9.17) is 17.2 Å². The van der Waals surface area contributed by atoms with E-state index in [1.165, 1.54) is 22.2 Å². The van der Waals surface area contributed by atoms with Crippen LogP contribution in [0.4, 0.5) is 15.9 Å². The molecule has 7 nitrogen and oxygen atoms in total. The van der Waals surface area contributed by atoms with Crippen LogP contribution in [0.5, 0.6) is 0 Å². The maximum absolute atomic E-state index is 14.4. The predicted molar refractivity (Wildman–Crippen MR) is 152 cm³/mol. The van der Waals surface area contributed by atoms with Gasteiger partial charge in [0.2, 0.25) is 0 Å². The topological polar surface area (TPSA) is 61.2 Å². The van der Waals surface area contributed by atoms with Gasteiger partial charge in [0.15, 0.2) is 0 Å². The van der Waals surface area contributed by atoms with Crippen LogP contribution in [0.25, 0.3) is 11.7 Å². The molecule has 2 aliphatic heterocycles. The minimum atomic E-state index is -0.251. The largest absolute Gasteiger partial charge is 0.366 e. The average molecular weight is 538 g/mol. The van der Waals surface area contributed by atoms with E-state index < -0.39 is 0 Å². The number of hydrogen-bond donors (Lipinski definition) is 0. The normalized spacial score (nSPS) is 17.5. The van der Waals surface area contributed by atoms with Crippen LogP contribution in [-0.4, -0.2) is 57.2 Å². The summed E-state index contributed by atoms with van der Waals surface area (Å²) in [6.45, 7) is 6.82. The molecule has 0 unspecified atom stereocenters. The number of pyridine rings is 1. The number of piperazine rings is 1. The van der Waals surface area contributed by atoms with Crippen molar-refractivity contribution in [3.8, 4) is 0 Å². The van der Waals surface area contributed by atoms with Crippen LogP contribution in [-0.2, 0) is 4.79 Å². The first-order valence-electron chi connectivity index (χ1n) is 12.4. The van der Waals surface area contributed by atoms with Crippen molar-refractivity contribution < 1.29 is 9.18 Å². The Morgan fingerprint density at radius 3 is 2.54 bits per heavy atom. The van der Waals surface area contributed by atoms with Crippen molar-refractivity contribution >= 4 is 57.4 Å². The number of aromatic nitrogens is 2. The molecular weight excluding hydrogens is 509 g/mol. The van der Waals surface area contributed by atoms with E-state index in [1.807, 2.05) is 34.9 Å². The predicted octanol–water partition coefficient (Wildman–Crippen LogP) is 4.47. The van der Waals surface area contributed by atoms with Gasteiger partial charge in [0.05, 0.1) is 16.2 Å². The van der Waals surface area contributed by atoms with Crippen LogP contribution >= 0.6 is 24.0 Å². The third kappa shape index (κ3) is 5.00. The monoisotopic (exact) mass is 537 g/mol. The number of carbonyl (C=O) groups excluding carboxylic acids is 1. The van der Waals surface area contributed by atoms with Crippen LogP contribution in [0.2, 0.25) is 0 Å². The Kier molecular flexibility index (Phi) is 7.30. The third-order valence-corrected chi connectivity index (χ3v) is 8.02. The van der Waals surface area contributed by atoms with E-state index in [2.05, 4.69) is 6.92 Å². The Hall–Kier alpha value is -3.24. The van der Waals surface area contributed by atoms with E-state index in [-0.39, 0.29) is 17.3 Å². The zero-order valence-electron chi connectivity index (χ0n) is 20.8. The first kappa shape index (κ1) is 25.4. The van der Waals surface area contributed by atoms with Crippen molar-refractivity contribution in [1.82, 2.24) is 14.3 Å². The molecule has 0 atom stereocenters. The van der Waals surface area contributed by atoms with Gasteiger partial charge in [-0.1, -0.05) is 55.5 Å². The molecule has 0 radical (unpaired) electrons. The quantitative estimate of drug-likeness (QED) is 0.340. The van der Waals surface area contributed by atoms with Gasteiger partial charge in [0.25, 0.3) is 11.5 Å². The molecular formula is C27H28FN5O2S2. The second-order valence-electron chi connectivity index (χ2n) is 9.20. The second-order valence-corrected chi connectivity index (χ2v) is 10.9. The lowest BCUT2D eigenvalue weighted by Crippen LogP contribution is -2.47. The summed E-state index contributed by atoms with van der Waals surface area (Å²) >= 11 is 6.68. The summed E-state index contributed by atoms with van der Waals surface area (Å²) in [5.74, 6) is 0.104. The summed E-state index contributed by atoms with van der Waals surface area (Å²) in [7, 11) is 0. The third-order valence-electron chi connectivity index (χ3n) is 6.64. The van der Waals surface area contributed by atoms with Gasteiger partial charge in [-0.05, 0) is 43.2 Å². The van der Waals surface area contributed by atoms with Gasteiger partial charge >= 0.3 is 0 Å². The maximum atomic E-state index is 14.4. The Balaban J connectivity index is 1.52. The number of para-hydroxylation sites is 1. The standard InChI is InChI=1S/C27H28FN5O2S2/c1-3-4-11-32-26(35)22(37-27(32)36)16-19-24(29-23-10-9-18(2)17-33(23)25(19)34)31-14-12-30(13-15-31)21-8-6-5-7-20(21)28/h5-10,16-17H,3-4,11-15H2,1-2H3/b22-16-. The number of aryl methyl sites for hydroxylation is 1. The fourth-order valence-corrected chi connectivity index (χ4v) is 5.91. The van der Waals surface area contributed by atoms with Crippen molar-refractivity contribution in [3.05, 3.63) is 74.8 Å². The van der Waals surface area contributed by atoms with E-state index in [1.54, 1.807) is 29.3 Å². The molecule has 10 heteroatoms. The Labute approximate surface area is 224 Å². The first-order valence-corrected chi connectivity index (χ1v) is 13.6. The van der Waals surface area contributed by atoms with Crippen LogP contribution in [0.1, 0.15) is 30.9 Å². The number of benzene rings is 1. The molecule has 3 aromatic rings. The minimum Gasteiger partial charge on any atom is -0.366 e. The molecule has 2 saturated heterocycles. The Morgan fingerprint density at radius 1 is 1.08 bits per heavy atom. The number of fused-ring (bicyclic) bond motifs is 1. The molecule has 192 valence electrons. The molecule has 2 aliphatic rings. The van der Waals surface area contributed by atoms with Crippen LogP contribution in [0.15, 0.2) is 52.3 Å². The van der Waals surface area contributed by atoms with Gasteiger partial charge in [0, 0.05) is 38.9 Å². The van der Waals surface area contributed by atoms with Crippen molar-refractivity contribution in [3.63, 3.8) is 0 Å². The summed E-state index contributed by atoms with van der Waals surface area (Å²) < 4.78 is 16.4. The van der Waals surface area contributed by atoms with Crippen molar-refractivity contribution in [1.29, 1.82) is 0 Å². The van der Waals surface area contributed by atoms with Gasteiger partial charge in [0.1, 0.15) is 21.6 Å². The number of unbranched alkanes of at least 4 members (excludes halogenated alkanes) is 1. The number of anilines is 2. The Bertz CT molecular complexity index is 1460. The van der Waals surface area contributed by atoms with E-state index in [0.717, 1.165) is 18.4 Å². The number of amides is 1.